The second kappa shape index (κ2) is 47.6. The largest absolute Gasteiger partial charge is 1.00 e. The minimum absolute atomic E-state index is 0. The second-order valence-electron chi connectivity index (χ2n) is 18.5. The third-order valence-electron chi connectivity index (χ3n) is 12.5. The number of carbonyl (C=O) groups is 2. The summed E-state index contributed by atoms with van der Waals surface area (Å²) in [5.41, 5.74) is -0.823. The quantitative estimate of drug-likeness (QED) is 0.0210. The van der Waals surface area contributed by atoms with Gasteiger partial charge in [0.1, 0.15) is 10.1 Å². The SMILES string of the molecule is CCCCCCCCCCCCCCCCCCC/C=C/CCCOC(=O)c1cccc(S(=O)(=O)[O-])c1C(=O)OCCC/C=C/CCCCCCCCCCCCCCCCCCC.[Na+]. The summed E-state index contributed by atoms with van der Waals surface area (Å²) >= 11 is 0. The van der Waals surface area contributed by atoms with Crippen LogP contribution in [-0.2, 0) is 19.6 Å². The Morgan fingerprint density at radius 1 is 0.431 bits per heavy atom. The van der Waals surface area contributed by atoms with Crippen molar-refractivity contribution in [3.8, 4) is 0 Å². The maximum atomic E-state index is 13.1. The van der Waals surface area contributed by atoms with Crippen molar-refractivity contribution in [1.82, 2.24) is 0 Å². The molecule has 0 atom stereocenters. The van der Waals surface area contributed by atoms with Gasteiger partial charge in [-0.2, -0.15) is 0 Å². The van der Waals surface area contributed by atoms with Crippen molar-refractivity contribution < 1.29 is 61.6 Å². The van der Waals surface area contributed by atoms with Crippen LogP contribution in [0.2, 0.25) is 0 Å². The Morgan fingerprint density at radius 3 is 1.02 bits per heavy atom. The number of hydrogen-bond acceptors (Lipinski definition) is 7. The molecule has 0 aromatic heterocycles. The maximum absolute atomic E-state index is 13.1. The maximum Gasteiger partial charge on any atom is 1.00 e. The van der Waals surface area contributed by atoms with Crippen molar-refractivity contribution in [2.75, 3.05) is 13.2 Å². The molecule has 0 saturated carbocycles. The summed E-state index contributed by atoms with van der Waals surface area (Å²) in [5.74, 6) is -1.86. The average Bonchev–Trinajstić information content (AvgIpc) is 3.28. The van der Waals surface area contributed by atoms with Crippen molar-refractivity contribution in [1.29, 1.82) is 0 Å². The van der Waals surface area contributed by atoms with Crippen LogP contribution >= 0.6 is 0 Å². The van der Waals surface area contributed by atoms with Crippen LogP contribution in [0.4, 0.5) is 0 Å². The molecule has 0 saturated heterocycles. The van der Waals surface area contributed by atoms with Gasteiger partial charge < -0.3 is 14.0 Å². The zero-order valence-electron chi connectivity index (χ0n) is 42.5. The molecule has 0 aliphatic rings. The van der Waals surface area contributed by atoms with E-state index in [9.17, 15) is 22.6 Å². The first-order valence-electron chi connectivity index (χ1n) is 27.1. The van der Waals surface area contributed by atoms with Crippen LogP contribution in [0.25, 0.3) is 0 Å². The minimum Gasteiger partial charge on any atom is -0.744 e. The van der Waals surface area contributed by atoms with Gasteiger partial charge >= 0.3 is 41.5 Å². The number of unbranched alkanes of at least 4 members (excludes halogenated alkanes) is 36. The molecule has 9 heteroatoms. The van der Waals surface area contributed by atoms with Crippen molar-refractivity contribution in [3.63, 3.8) is 0 Å². The number of ether oxygens (including phenoxy) is 2. The number of benzene rings is 1. The smallest absolute Gasteiger partial charge is 0.744 e. The molecule has 370 valence electrons. The van der Waals surface area contributed by atoms with Crippen LogP contribution in [-0.4, -0.2) is 38.1 Å². The summed E-state index contributed by atoms with van der Waals surface area (Å²) in [6.45, 7) is 4.70. The summed E-state index contributed by atoms with van der Waals surface area (Å²) in [7, 11) is -5.04. The van der Waals surface area contributed by atoms with Crippen LogP contribution in [0.15, 0.2) is 47.4 Å². The molecular formula is C56H97NaO7S. The molecule has 0 radical (unpaired) electrons. The van der Waals surface area contributed by atoms with Gasteiger partial charge in [0, 0.05) is 0 Å². The Bertz CT molecular complexity index is 1410. The molecule has 0 aliphatic carbocycles. The fourth-order valence-corrected chi connectivity index (χ4v) is 9.14. The van der Waals surface area contributed by atoms with E-state index in [1.807, 2.05) is 0 Å². The molecule has 0 unspecified atom stereocenters. The van der Waals surface area contributed by atoms with Gasteiger partial charge in [-0.15, -0.1) is 0 Å². The summed E-state index contributed by atoms with van der Waals surface area (Å²) < 4.78 is 46.9. The van der Waals surface area contributed by atoms with Gasteiger partial charge in [-0.05, 0) is 63.5 Å². The van der Waals surface area contributed by atoms with Crippen molar-refractivity contribution in [3.05, 3.63) is 53.6 Å². The average molecular weight is 937 g/mol. The molecule has 0 bridgehead atoms. The molecule has 0 spiro atoms. The van der Waals surface area contributed by atoms with Gasteiger partial charge in [0.25, 0.3) is 0 Å². The van der Waals surface area contributed by atoms with Crippen LogP contribution in [0.5, 0.6) is 0 Å². The molecule has 0 N–H and O–H groups in total. The molecule has 1 aromatic carbocycles. The summed E-state index contributed by atoms with van der Waals surface area (Å²) in [6, 6.07) is 3.60. The van der Waals surface area contributed by atoms with E-state index in [0.29, 0.717) is 19.3 Å². The topological polar surface area (TPSA) is 110 Å². The van der Waals surface area contributed by atoms with Crippen molar-refractivity contribution in [2.45, 2.75) is 276 Å². The first-order chi connectivity index (χ1) is 31.3. The van der Waals surface area contributed by atoms with Gasteiger partial charge in [-0.1, -0.05) is 250 Å². The summed E-state index contributed by atoms with van der Waals surface area (Å²) in [4.78, 5) is 25.3. The zero-order valence-corrected chi connectivity index (χ0v) is 45.3. The predicted octanol–water partition coefficient (Wildman–Crippen LogP) is 14.7. The van der Waals surface area contributed by atoms with Gasteiger partial charge in [0.15, 0.2) is 0 Å². The molecule has 0 aliphatic heterocycles. The van der Waals surface area contributed by atoms with E-state index in [1.165, 1.54) is 230 Å². The Morgan fingerprint density at radius 2 is 0.708 bits per heavy atom. The zero-order chi connectivity index (χ0) is 46.4. The van der Waals surface area contributed by atoms with Gasteiger partial charge in [0.2, 0.25) is 0 Å². The van der Waals surface area contributed by atoms with Crippen molar-refractivity contribution in [2.24, 2.45) is 0 Å². The van der Waals surface area contributed by atoms with E-state index in [2.05, 4.69) is 38.2 Å². The molecule has 1 rings (SSSR count). The monoisotopic (exact) mass is 937 g/mol. The number of hydrogen-bond donors (Lipinski definition) is 0. The Kier molecular flexibility index (Phi) is 46.5. The molecule has 7 nitrogen and oxygen atoms in total. The van der Waals surface area contributed by atoms with Gasteiger partial charge in [-0.3, -0.25) is 0 Å². The second-order valence-corrected chi connectivity index (χ2v) is 19.9. The molecule has 0 fully saturated rings. The first kappa shape index (κ1) is 63.5. The number of carbonyl (C=O) groups excluding carboxylic acids is 2. The minimum atomic E-state index is -5.04. The van der Waals surface area contributed by atoms with E-state index in [-0.39, 0.29) is 48.3 Å². The van der Waals surface area contributed by atoms with E-state index in [0.717, 1.165) is 25.3 Å². The number of rotatable bonds is 47. The van der Waals surface area contributed by atoms with Crippen LogP contribution in [0.3, 0.4) is 0 Å². The summed E-state index contributed by atoms with van der Waals surface area (Å²) in [5, 5.41) is 0. The molecule has 65 heavy (non-hydrogen) atoms. The van der Waals surface area contributed by atoms with Crippen LogP contribution < -0.4 is 29.6 Å². The number of esters is 2. The van der Waals surface area contributed by atoms with E-state index >= 15 is 0 Å². The fraction of sp³-hybridized carbons (Fsp3) is 0.786. The van der Waals surface area contributed by atoms with E-state index in [1.54, 1.807) is 0 Å². The first-order valence-corrected chi connectivity index (χ1v) is 28.5. The Labute approximate surface area is 423 Å². The third-order valence-corrected chi connectivity index (χ3v) is 13.4. The van der Waals surface area contributed by atoms with Gasteiger partial charge in [-0.25, -0.2) is 18.0 Å². The molecule has 1 aromatic rings. The third kappa shape index (κ3) is 39.1. The van der Waals surface area contributed by atoms with Crippen LogP contribution in [0.1, 0.15) is 291 Å². The van der Waals surface area contributed by atoms with E-state index in [4.69, 9.17) is 9.47 Å². The Hall–Kier alpha value is -1.45. The predicted molar refractivity (Wildman–Crippen MR) is 269 cm³/mol. The van der Waals surface area contributed by atoms with Crippen LogP contribution in [0, 0.1) is 0 Å². The number of allylic oxidation sites excluding steroid dienone is 4. The Balaban J connectivity index is 0.0000410. The molecule has 0 amide bonds. The fourth-order valence-electron chi connectivity index (χ4n) is 8.45. The normalized spacial score (nSPS) is 11.7. The van der Waals surface area contributed by atoms with Crippen molar-refractivity contribution >= 4 is 22.1 Å². The molecule has 0 heterocycles. The molecular weight excluding hydrogens is 840 g/mol. The standard InChI is InChI=1S/C56H98O7S.Na/c1-3-5-7-9-11-13-15-17-19-21-23-25-27-29-31-33-35-37-39-41-43-45-50-62-55(57)52-48-47-49-53(64(59,60)61)54(52)56(58)63-51-46-44-42-40-38-36-34-32-30-28-26-24-22-20-18-16-14-12-10-8-6-4-2;/h39-42,47-49H,3-38,43-46,50-51H2,1-2H3,(H,59,60,61);/q;+1/p-1/b41-39+,42-40+;. The van der Waals surface area contributed by atoms with E-state index < -0.39 is 32.5 Å². The summed E-state index contributed by atoms with van der Waals surface area (Å²) in [6.07, 6.45) is 59.5. The van der Waals surface area contributed by atoms with Gasteiger partial charge in [0.05, 0.1) is 29.2 Å².